The van der Waals surface area contributed by atoms with Crippen LogP contribution in [0.5, 0.6) is 0 Å². The van der Waals surface area contributed by atoms with Crippen LogP contribution in [0.2, 0.25) is 0 Å². The van der Waals surface area contributed by atoms with Gasteiger partial charge in [0.25, 0.3) is 0 Å². The first-order valence-electron chi connectivity index (χ1n) is 7.90. The van der Waals surface area contributed by atoms with E-state index in [0.717, 1.165) is 26.1 Å². The van der Waals surface area contributed by atoms with Gasteiger partial charge in [-0.3, -0.25) is 4.79 Å². The first-order valence-corrected chi connectivity index (χ1v) is 8.78. The van der Waals surface area contributed by atoms with Crippen LogP contribution in [-0.2, 0) is 4.79 Å². The summed E-state index contributed by atoms with van der Waals surface area (Å²) in [5.74, 6) is 0.547. The Kier molecular flexibility index (Phi) is 4.55. The van der Waals surface area contributed by atoms with Crippen molar-refractivity contribution >= 4 is 17.7 Å². The van der Waals surface area contributed by atoms with Gasteiger partial charge in [-0.2, -0.15) is 0 Å². The van der Waals surface area contributed by atoms with Crippen molar-refractivity contribution in [2.45, 2.75) is 36.3 Å². The first kappa shape index (κ1) is 14.9. The van der Waals surface area contributed by atoms with Crippen LogP contribution >= 0.6 is 11.8 Å². The molecule has 2 unspecified atom stereocenters. The van der Waals surface area contributed by atoms with E-state index in [1.165, 1.54) is 17.7 Å². The molecule has 2 atom stereocenters. The molecular formula is C17H24N2OS. The minimum absolute atomic E-state index is 0.272. The summed E-state index contributed by atoms with van der Waals surface area (Å²) in [5, 5.41) is 6.94. The summed E-state index contributed by atoms with van der Waals surface area (Å²) < 4.78 is 0. The highest BCUT2D eigenvalue weighted by Gasteiger charge is 2.57. The van der Waals surface area contributed by atoms with E-state index in [0.29, 0.717) is 10.7 Å². The Hall–Kier alpha value is -1.00. The molecule has 1 aromatic carbocycles. The monoisotopic (exact) mass is 304 g/mol. The van der Waals surface area contributed by atoms with Gasteiger partial charge in [0.2, 0.25) is 5.91 Å². The normalized spacial score (nSPS) is 24.5. The first-order chi connectivity index (χ1) is 10.2. The Labute approximate surface area is 131 Å². The van der Waals surface area contributed by atoms with Gasteiger partial charge in [0.05, 0.1) is 0 Å². The predicted molar refractivity (Wildman–Crippen MR) is 87.4 cm³/mol. The van der Waals surface area contributed by atoms with Gasteiger partial charge in [0.15, 0.2) is 0 Å². The van der Waals surface area contributed by atoms with Gasteiger partial charge in [0, 0.05) is 22.6 Å². The molecule has 1 aromatic rings. The highest BCUT2D eigenvalue weighted by molar-refractivity contribution is 8.00. The van der Waals surface area contributed by atoms with Crippen molar-refractivity contribution in [1.29, 1.82) is 0 Å². The van der Waals surface area contributed by atoms with Crippen LogP contribution in [0.4, 0.5) is 0 Å². The third kappa shape index (κ3) is 3.61. The van der Waals surface area contributed by atoms with E-state index in [2.05, 4.69) is 41.8 Å². The second-order valence-corrected chi connectivity index (χ2v) is 7.87. The summed E-state index contributed by atoms with van der Waals surface area (Å²) in [6.07, 6.45) is 3.43. The summed E-state index contributed by atoms with van der Waals surface area (Å²) in [7, 11) is 0. The van der Waals surface area contributed by atoms with Crippen molar-refractivity contribution < 1.29 is 4.79 Å². The summed E-state index contributed by atoms with van der Waals surface area (Å²) >= 11 is 1.82. The van der Waals surface area contributed by atoms with Crippen LogP contribution in [0, 0.1) is 11.3 Å². The maximum atomic E-state index is 12.3. The third-order valence-electron chi connectivity index (χ3n) is 4.75. The summed E-state index contributed by atoms with van der Waals surface area (Å²) in [5.41, 5.74) is 0.338. The molecule has 3 rings (SSSR count). The van der Waals surface area contributed by atoms with Crippen LogP contribution in [0.25, 0.3) is 0 Å². The number of nitrogens with one attached hydrogen (secondary N) is 2. The van der Waals surface area contributed by atoms with Crippen LogP contribution in [0.1, 0.15) is 26.2 Å². The molecule has 0 radical (unpaired) electrons. The molecule has 1 saturated heterocycles. The molecular weight excluding hydrogens is 280 g/mol. The van der Waals surface area contributed by atoms with E-state index in [9.17, 15) is 4.79 Å². The molecule has 2 N–H and O–H groups in total. The number of piperidine rings is 1. The van der Waals surface area contributed by atoms with Crippen molar-refractivity contribution in [3.05, 3.63) is 30.3 Å². The smallest absolute Gasteiger partial charge is 0.223 e. The van der Waals surface area contributed by atoms with Gasteiger partial charge in [0.1, 0.15) is 0 Å². The minimum Gasteiger partial charge on any atom is -0.355 e. The molecule has 1 aliphatic carbocycles. The highest BCUT2D eigenvalue weighted by atomic mass is 32.2. The third-order valence-corrected chi connectivity index (χ3v) is 5.86. The summed E-state index contributed by atoms with van der Waals surface area (Å²) in [4.78, 5) is 13.6. The van der Waals surface area contributed by atoms with Gasteiger partial charge in [-0.1, -0.05) is 25.1 Å². The molecule has 21 heavy (non-hydrogen) atoms. The molecule has 2 fully saturated rings. The van der Waals surface area contributed by atoms with Gasteiger partial charge in [-0.15, -0.1) is 11.8 Å². The molecule has 4 heteroatoms. The lowest BCUT2D eigenvalue weighted by atomic mass is 9.92. The zero-order valence-electron chi connectivity index (χ0n) is 12.6. The average molecular weight is 304 g/mol. The summed E-state index contributed by atoms with van der Waals surface area (Å²) in [6.45, 7) is 5.07. The lowest BCUT2D eigenvalue weighted by Crippen LogP contribution is -2.35. The SMILES string of the molecule is CC(CNC(=O)C1CC12CCNCC2)Sc1ccccc1. The van der Waals surface area contributed by atoms with Crippen molar-refractivity contribution in [3.8, 4) is 0 Å². The molecule has 1 aliphatic heterocycles. The molecule has 1 heterocycles. The molecule has 0 aromatic heterocycles. The fourth-order valence-electron chi connectivity index (χ4n) is 3.34. The molecule has 3 nitrogen and oxygen atoms in total. The topological polar surface area (TPSA) is 41.1 Å². The second-order valence-electron chi connectivity index (χ2n) is 6.36. The number of carbonyl (C=O) groups excluding carboxylic acids is 1. The summed E-state index contributed by atoms with van der Waals surface area (Å²) in [6, 6.07) is 10.4. The Bertz CT molecular complexity index is 485. The average Bonchev–Trinajstić information content (AvgIpc) is 3.20. The Morgan fingerprint density at radius 2 is 2.10 bits per heavy atom. The van der Waals surface area contributed by atoms with Crippen LogP contribution in [0.3, 0.4) is 0 Å². The Morgan fingerprint density at radius 1 is 1.38 bits per heavy atom. The number of thioether (sulfide) groups is 1. The van der Waals surface area contributed by atoms with E-state index >= 15 is 0 Å². The standard InChI is InChI=1S/C17H24N2OS/c1-13(21-14-5-3-2-4-6-14)12-19-16(20)15-11-17(15)7-9-18-10-8-17/h2-6,13,15,18H,7-12H2,1H3,(H,19,20). The number of carbonyl (C=O) groups is 1. The lowest BCUT2D eigenvalue weighted by Gasteiger charge is -2.23. The zero-order chi connectivity index (χ0) is 14.7. The minimum atomic E-state index is 0.272. The fourth-order valence-corrected chi connectivity index (χ4v) is 4.28. The molecule has 1 spiro atoms. The van der Waals surface area contributed by atoms with Crippen molar-refractivity contribution in [1.82, 2.24) is 10.6 Å². The van der Waals surface area contributed by atoms with E-state index in [4.69, 9.17) is 0 Å². The number of hydrogen-bond acceptors (Lipinski definition) is 3. The maximum absolute atomic E-state index is 12.3. The van der Waals surface area contributed by atoms with Crippen LogP contribution in [0.15, 0.2) is 35.2 Å². The van der Waals surface area contributed by atoms with Crippen molar-refractivity contribution in [2.24, 2.45) is 11.3 Å². The van der Waals surface area contributed by atoms with E-state index in [-0.39, 0.29) is 11.8 Å². The Balaban J connectivity index is 1.42. The van der Waals surface area contributed by atoms with Crippen LogP contribution < -0.4 is 10.6 Å². The number of benzene rings is 1. The van der Waals surface area contributed by atoms with Gasteiger partial charge in [-0.25, -0.2) is 0 Å². The molecule has 2 aliphatic rings. The highest BCUT2D eigenvalue weighted by Crippen LogP contribution is 2.58. The van der Waals surface area contributed by atoms with Gasteiger partial charge in [-0.05, 0) is 49.9 Å². The predicted octanol–water partition coefficient (Wildman–Crippen LogP) is 2.67. The quantitative estimate of drug-likeness (QED) is 0.822. The lowest BCUT2D eigenvalue weighted by molar-refractivity contribution is -0.123. The Morgan fingerprint density at radius 3 is 2.81 bits per heavy atom. The fraction of sp³-hybridized carbons (Fsp3) is 0.588. The number of amides is 1. The second kappa shape index (κ2) is 6.41. The van der Waals surface area contributed by atoms with Crippen LogP contribution in [-0.4, -0.2) is 30.8 Å². The van der Waals surface area contributed by atoms with Gasteiger partial charge >= 0.3 is 0 Å². The maximum Gasteiger partial charge on any atom is 0.223 e. The largest absolute Gasteiger partial charge is 0.355 e. The van der Waals surface area contributed by atoms with E-state index in [1.807, 2.05) is 17.8 Å². The molecule has 0 bridgehead atoms. The van der Waals surface area contributed by atoms with E-state index < -0.39 is 0 Å². The number of hydrogen-bond donors (Lipinski definition) is 2. The van der Waals surface area contributed by atoms with E-state index in [1.54, 1.807) is 0 Å². The zero-order valence-corrected chi connectivity index (χ0v) is 13.4. The van der Waals surface area contributed by atoms with Crippen molar-refractivity contribution in [2.75, 3.05) is 19.6 Å². The molecule has 114 valence electrons. The number of rotatable bonds is 5. The van der Waals surface area contributed by atoms with Gasteiger partial charge < -0.3 is 10.6 Å². The molecule has 1 saturated carbocycles. The van der Waals surface area contributed by atoms with Crippen molar-refractivity contribution in [3.63, 3.8) is 0 Å². The molecule has 1 amide bonds.